The van der Waals surface area contributed by atoms with Gasteiger partial charge in [-0.3, -0.25) is 4.79 Å². The van der Waals surface area contributed by atoms with E-state index in [1.165, 1.54) is 6.07 Å². The first-order chi connectivity index (χ1) is 9.08. The smallest absolute Gasteiger partial charge is 0.251 e. The van der Waals surface area contributed by atoms with Crippen molar-refractivity contribution in [3.8, 4) is 0 Å². The lowest BCUT2D eigenvalue weighted by molar-refractivity contribution is 0.0947. The molecule has 0 spiro atoms. The Balaban J connectivity index is 2.05. The van der Waals surface area contributed by atoms with Crippen LogP contribution in [0.3, 0.4) is 0 Å². The van der Waals surface area contributed by atoms with Crippen molar-refractivity contribution < 1.29 is 9.32 Å². The van der Waals surface area contributed by atoms with Gasteiger partial charge in [0, 0.05) is 18.7 Å². The maximum absolute atomic E-state index is 12.0. The van der Waals surface area contributed by atoms with E-state index in [0.717, 1.165) is 5.69 Å². The summed E-state index contributed by atoms with van der Waals surface area (Å²) in [5.74, 6) is 0.878. The molecule has 2 heterocycles. The molecule has 7 heteroatoms. The molecule has 2 aromatic rings. The number of hydrogen-bond donors (Lipinski definition) is 2. The average Bonchev–Trinajstić information content (AvgIpc) is 2.81. The van der Waals surface area contributed by atoms with E-state index in [9.17, 15) is 4.79 Å². The molecule has 2 rings (SSSR count). The van der Waals surface area contributed by atoms with E-state index in [2.05, 4.69) is 20.8 Å². The predicted octanol–water partition coefficient (Wildman–Crippen LogP) is 2.00. The fourth-order valence-corrected chi connectivity index (χ4v) is 1.73. The number of aryl methyl sites for hydroxylation is 1. The lowest BCUT2D eigenvalue weighted by Gasteiger charge is -2.05. The zero-order chi connectivity index (χ0) is 13.8. The number of carbonyl (C=O) groups is 1. The van der Waals surface area contributed by atoms with E-state index >= 15 is 0 Å². The second-order valence-electron chi connectivity index (χ2n) is 3.93. The maximum Gasteiger partial charge on any atom is 0.251 e. The minimum Gasteiger partial charge on any atom is -0.373 e. The van der Waals surface area contributed by atoms with E-state index < -0.39 is 0 Å². The molecule has 0 atom stereocenters. The molecular formula is C12H13ClN4O2. The van der Waals surface area contributed by atoms with Crippen molar-refractivity contribution in [1.29, 1.82) is 0 Å². The van der Waals surface area contributed by atoms with Gasteiger partial charge in [-0.1, -0.05) is 16.8 Å². The second-order valence-corrected chi connectivity index (χ2v) is 4.32. The second kappa shape index (κ2) is 5.71. The van der Waals surface area contributed by atoms with Crippen LogP contribution < -0.4 is 10.6 Å². The number of carbonyl (C=O) groups excluding carboxylic acids is 1. The lowest BCUT2D eigenvalue weighted by Crippen LogP contribution is -2.22. The molecule has 0 unspecified atom stereocenters. The van der Waals surface area contributed by atoms with Gasteiger partial charge in [0.2, 0.25) is 0 Å². The molecular weight excluding hydrogens is 268 g/mol. The Morgan fingerprint density at radius 3 is 2.84 bits per heavy atom. The van der Waals surface area contributed by atoms with E-state index in [4.69, 9.17) is 16.1 Å². The van der Waals surface area contributed by atoms with Gasteiger partial charge in [-0.05, 0) is 19.1 Å². The minimum absolute atomic E-state index is 0.255. The van der Waals surface area contributed by atoms with Gasteiger partial charge in [0.05, 0.1) is 12.2 Å². The summed E-state index contributed by atoms with van der Waals surface area (Å²) in [6, 6.07) is 4.88. The van der Waals surface area contributed by atoms with Crippen LogP contribution in [-0.2, 0) is 6.54 Å². The van der Waals surface area contributed by atoms with Crippen molar-refractivity contribution in [3.63, 3.8) is 0 Å². The number of anilines is 1. The van der Waals surface area contributed by atoms with Crippen molar-refractivity contribution in [3.05, 3.63) is 40.4 Å². The van der Waals surface area contributed by atoms with Gasteiger partial charge in [-0.2, -0.15) is 0 Å². The standard InChI is InChI=1S/C12H13ClN4O2/c1-7-3-9(19-17-7)6-15-12(18)8-4-10(13)16-11(5-8)14-2/h3-5H,6H2,1-2H3,(H,14,16)(H,15,18). The number of nitrogens with zero attached hydrogens (tertiary/aromatic N) is 2. The fraction of sp³-hybridized carbons (Fsp3) is 0.250. The molecule has 0 aliphatic rings. The van der Waals surface area contributed by atoms with E-state index in [1.807, 2.05) is 6.92 Å². The summed E-state index contributed by atoms with van der Waals surface area (Å²) in [6.07, 6.45) is 0. The van der Waals surface area contributed by atoms with Crippen LogP contribution >= 0.6 is 11.6 Å². The Morgan fingerprint density at radius 1 is 1.42 bits per heavy atom. The molecule has 0 aromatic carbocycles. The number of nitrogens with one attached hydrogen (secondary N) is 2. The zero-order valence-electron chi connectivity index (χ0n) is 10.5. The number of pyridine rings is 1. The molecule has 2 aromatic heterocycles. The Morgan fingerprint density at radius 2 is 2.21 bits per heavy atom. The first kappa shape index (κ1) is 13.4. The van der Waals surface area contributed by atoms with Crippen molar-refractivity contribution in [2.75, 3.05) is 12.4 Å². The van der Waals surface area contributed by atoms with E-state index in [1.54, 1.807) is 19.2 Å². The van der Waals surface area contributed by atoms with Crippen LogP contribution in [0.4, 0.5) is 5.82 Å². The summed E-state index contributed by atoms with van der Waals surface area (Å²) in [4.78, 5) is 16.0. The molecule has 0 aliphatic heterocycles. The highest BCUT2D eigenvalue weighted by Crippen LogP contribution is 2.14. The molecule has 0 radical (unpaired) electrons. The minimum atomic E-state index is -0.255. The summed E-state index contributed by atoms with van der Waals surface area (Å²) in [7, 11) is 1.71. The molecule has 0 fully saturated rings. The van der Waals surface area contributed by atoms with Crippen molar-refractivity contribution >= 4 is 23.3 Å². The fourth-order valence-electron chi connectivity index (χ4n) is 1.53. The number of hydrogen-bond acceptors (Lipinski definition) is 5. The van der Waals surface area contributed by atoms with Crippen LogP contribution in [0.5, 0.6) is 0 Å². The SMILES string of the molecule is CNc1cc(C(=O)NCc2cc(C)no2)cc(Cl)n1. The van der Waals surface area contributed by atoms with Crippen molar-refractivity contribution in [1.82, 2.24) is 15.5 Å². The molecule has 1 amide bonds. The van der Waals surface area contributed by atoms with Gasteiger partial charge in [0.25, 0.3) is 5.91 Å². The predicted molar refractivity (Wildman–Crippen MR) is 71.2 cm³/mol. The van der Waals surface area contributed by atoms with Gasteiger partial charge >= 0.3 is 0 Å². The van der Waals surface area contributed by atoms with Crippen molar-refractivity contribution in [2.45, 2.75) is 13.5 Å². The van der Waals surface area contributed by atoms with Gasteiger partial charge in [-0.15, -0.1) is 0 Å². The number of amides is 1. The quantitative estimate of drug-likeness (QED) is 0.838. The third kappa shape index (κ3) is 3.45. The van der Waals surface area contributed by atoms with E-state index in [0.29, 0.717) is 17.1 Å². The van der Waals surface area contributed by atoms with Crippen LogP contribution in [0.15, 0.2) is 22.7 Å². The third-order valence-electron chi connectivity index (χ3n) is 2.41. The molecule has 19 heavy (non-hydrogen) atoms. The highest BCUT2D eigenvalue weighted by molar-refractivity contribution is 6.29. The molecule has 0 saturated carbocycles. The molecule has 0 aliphatic carbocycles. The Kier molecular flexibility index (Phi) is 4.01. The highest BCUT2D eigenvalue weighted by atomic mass is 35.5. The number of rotatable bonds is 4. The van der Waals surface area contributed by atoms with Crippen LogP contribution in [0.1, 0.15) is 21.8 Å². The van der Waals surface area contributed by atoms with Crippen LogP contribution in [0.2, 0.25) is 5.15 Å². The summed E-state index contributed by atoms with van der Waals surface area (Å²) in [5, 5.41) is 9.55. The average molecular weight is 281 g/mol. The largest absolute Gasteiger partial charge is 0.373 e. The van der Waals surface area contributed by atoms with Crippen LogP contribution in [0.25, 0.3) is 0 Å². The zero-order valence-corrected chi connectivity index (χ0v) is 11.3. The topological polar surface area (TPSA) is 80.0 Å². The molecule has 100 valence electrons. The van der Waals surface area contributed by atoms with Crippen molar-refractivity contribution in [2.24, 2.45) is 0 Å². The first-order valence-electron chi connectivity index (χ1n) is 5.64. The van der Waals surface area contributed by atoms with Gasteiger partial charge in [-0.25, -0.2) is 4.98 Å². The van der Waals surface area contributed by atoms with Crippen LogP contribution in [-0.4, -0.2) is 23.1 Å². The molecule has 0 bridgehead atoms. The normalized spacial score (nSPS) is 10.3. The Bertz CT molecular complexity index is 597. The monoisotopic (exact) mass is 280 g/mol. The Labute approximate surface area is 115 Å². The van der Waals surface area contributed by atoms with Gasteiger partial charge in [0.15, 0.2) is 5.76 Å². The van der Waals surface area contributed by atoms with E-state index in [-0.39, 0.29) is 17.6 Å². The summed E-state index contributed by atoms with van der Waals surface area (Å²) in [5.41, 5.74) is 1.20. The molecule has 2 N–H and O–H groups in total. The number of aromatic nitrogens is 2. The summed E-state index contributed by atoms with van der Waals surface area (Å²) >= 11 is 5.83. The van der Waals surface area contributed by atoms with Crippen LogP contribution in [0, 0.1) is 6.92 Å². The maximum atomic E-state index is 12.0. The summed E-state index contributed by atoms with van der Waals surface area (Å²) < 4.78 is 5.00. The number of halogens is 1. The molecule has 0 saturated heterocycles. The van der Waals surface area contributed by atoms with Gasteiger partial charge < -0.3 is 15.2 Å². The highest BCUT2D eigenvalue weighted by Gasteiger charge is 2.10. The molecule has 6 nitrogen and oxygen atoms in total. The lowest BCUT2D eigenvalue weighted by atomic mass is 10.2. The van der Waals surface area contributed by atoms with Gasteiger partial charge in [0.1, 0.15) is 11.0 Å². The third-order valence-corrected chi connectivity index (χ3v) is 2.61. The summed E-state index contributed by atoms with van der Waals surface area (Å²) in [6.45, 7) is 2.09. The first-order valence-corrected chi connectivity index (χ1v) is 6.02. The Hall–Kier alpha value is -2.08.